The molecular weight excluding hydrogens is 604 g/mol. The average Bonchev–Trinajstić information content (AvgIpc) is 3.25. The van der Waals surface area contributed by atoms with E-state index < -0.39 is 35.9 Å². The number of rotatable bonds is 8. The van der Waals surface area contributed by atoms with Gasteiger partial charge in [-0.05, 0) is 150 Å². The first kappa shape index (κ1) is 34.9. The van der Waals surface area contributed by atoms with Crippen molar-refractivity contribution in [2.45, 2.75) is 108 Å². The summed E-state index contributed by atoms with van der Waals surface area (Å²) in [6.07, 6.45) is -1.30. The van der Waals surface area contributed by atoms with Crippen LogP contribution in [0.2, 0.25) is 0 Å². The van der Waals surface area contributed by atoms with E-state index in [4.69, 9.17) is 0 Å². The van der Waals surface area contributed by atoms with Crippen LogP contribution >= 0.6 is 0 Å². The summed E-state index contributed by atoms with van der Waals surface area (Å²) in [5.41, 5.74) is 0.0630. The number of hydrogen-bond donors (Lipinski definition) is 1. The second-order valence-corrected chi connectivity index (χ2v) is 13.9. The molecule has 2 aromatic carbocycles. The van der Waals surface area contributed by atoms with Crippen molar-refractivity contribution in [1.29, 1.82) is 0 Å². The van der Waals surface area contributed by atoms with E-state index in [1.165, 1.54) is 37.9 Å². The second kappa shape index (κ2) is 14.4. The van der Waals surface area contributed by atoms with Crippen molar-refractivity contribution in [3.8, 4) is 0 Å². The Morgan fingerprint density at radius 3 is 2.11 bits per heavy atom. The monoisotopic (exact) mass is 651 g/mol. The fourth-order valence-corrected chi connectivity index (χ4v) is 7.81. The maximum absolute atomic E-state index is 13.7. The summed E-state index contributed by atoms with van der Waals surface area (Å²) < 4.78 is 81.1. The second-order valence-electron chi connectivity index (χ2n) is 13.9. The number of benzene rings is 2. The van der Waals surface area contributed by atoms with Gasteiger partial charge in [-0.3, -0.25) is 4.79 Å². The lowest BCUT2D eigenvalue weighted by Gasteiger charge is -2.42. The predicted molar refractivity (Wildman–Crippen MR) is 168 cm³/mol. The fraction of sp³-hybridized carbons (Fsp3) is 0.639. The molecule has 2 aromatic rings. The Morgan fingerprint density at radius 2 is 1.50 bits per heavy atom. The van der Waals surface area contributed by atoms with Gasteiger partial charge in [0.15, 0.2) is 5.78 Å². The molecule has 0 radical (unpaired) electrons. The summed E-state index contributed by atoms with van der Waals surface area (Å²) in [6.45, 7) is 10.0. The van der Waals surface area contributed by atoms with Crippen LogP contribution in [0.25, 0.3) is 0 Å². The Morgan fingerprint density at radius 1 is 0.848 bits per heavy atom. The van der Waals surface area contributed by atoms with Crippen molar-refractivity contribution in [3.63, 3.8) is 0 Å². The maximum Gasteiger partial charge on any atom is 0.416 e. The molecule has 3 saturated heterocycles. The Kier molecular flexibility index (Phi) is 10.9. The third kappa shape index (κ3) is 8.53. The van der Waals surface area contributed by atoms with Crippen molar-refractivity contribution in [2.24, 2.45) is 0 Å². The smallest absolute Gasteiger partial charge is 0.307 e. The third-order valence-electron chi connectivity index (χ3n) is 10.7. The Balaban J connectivity index is 1.35. The molecule has 0 aromatic heterocycles. The van der Waals surface area contributed by atoms with Gasteiger partial charge < -0.3 is 15.1 Å². The molecule has 46 heavy (non-hydrogen) atoms. The first-order valence-corrected chi connectivity index (χ1v) is 16.8. The number of likely N-dealkylation sites (tertiary alicyclic amines) is 2. The number of carbonyl (C=O) groups is 1. The number of hydrogen-bond acceptors (Lipinski definition) is 4. The minimum Gasteiger partial charge on any atom is -0.307 e. The van der Waals surface area contributed by atoms with Crippen LogP contribution in [-0.4, -0.2) is 66.9 Å². The van der Waals surface area contributed by atoms with Gasteiger partial charge in [-0.1, -0.05) is 24.6 Å². The van der Waals surface area contributed by atoms with E-state index >= 15 is 0 Å². The van der Waals surface area contributed by atoms with E-state index in [1.54, 1.807) is 0 Å². The average molecular weight is 652 g/mol. The van der Waals surface area contributed by atoms with Gasteiger partial charge in [-0.25, -0.2) is 0 Å². The van der Waals surface area contributed by atoms with E-state index in [0.717, 1.165) is 62.9 Å². The largest absolute Gasteiger partial charge is 0.416 e. The lowest BCUT2D eigenvalue weighted by atomic mass is 9.69. The normalized spacial score (nSPS) is 24.6. The molecule has 2 atom stereocenters. The van der Waals surface area contributed by atoms with Crippen LogP contribution in [0.1, 0.15) is 91.2 Å². The molecule has 1 N–H and O–H groups in total. The van der Waals surface area contributed by atoms with Crippen molar-refractivity contribution in [2.75, 3.05) is 39.3 Å². The van der Waals surface area contributed by atoms with Gasteiger partial charge in [0.25, 0.3) is 0 Å². The molecular formula is C36H47F6N3O. The van der Waals surface area contributed by atoms with Gasteiger partial charge in [-0.2, -0.15) is 26.3 Å². The van der Waals surface area contributed by atoms with Crippen LogP contribution in [0.5, 0.6) is 0 Å². The van der Waals surface area contributed by atoms with E-state index in [0.29, 0.717) is 31.1 Å². The minimum absolute atomic E-state index is 0.109. The molecule has 0 saturated carbocycles. The Hall–Kier alpha value is -2.43. The minimum atomic E-state index is -4.96. The van der Waals surface area contributed by atoms with Crippen LogP contribution in [0.15, 0.2) is 36.4 Å². The lowest BCUT2D eigenvalue weighted by molar-refractivity contribution is -0.143. The molecule has 0 aliphatic carbocycles. The number of aryl methyl sites for hydroxylation is 2. The Labute approximate surface area is 268 Å². The standard InChI is InChI=1S/C36H47F6N3O/c1-25-7-8-28(19-26(25)2)34(12-18-44-16-9-31(10-17-44)45-14-4-3-5-15-45)11-6-13-43-32(24-34)33(46)22-27-20-29(35(37,38)39)23-30(21-27)36(40,41)42/h7-8,19-21,23,31-32,43H,3-6,9-18,22,24H2,1-2H3. The molecule has 0 spiro atoms. The first-order valence-electron chi connectivity index (χ1n) is 16.8. The van der Waals surface area contributed by atoms with Crippen molar-refractivity contribution < 1.29 is 31.1 Å². The van der Waals surface area contributed by atoms with Gasteiger partial charge in [-0.15, -0.1) is 0 Å². The van der Waals surface area contributed by atoms with Gasteiger partial charge in [0, 0.05) is 12.5 Å². The number of alkyl halides is 6. The highest BCUT2D eigenvalue weighted by Crippen LogP contribution is 2.41. The van der Waals surface area contributed by atoms with Crippen LogP contribution in [0, 0.1) is 13.8 Å². The third-order valence-corrected chi connectivity index (χ3v) is 10.7. The molecule has 3 aliphatic heterocycles. The predicted octanol–water partition coefficient (Wildman–Crippen LogP) is 7.87. The SMILES string of the molecule is Cc1ccc(C2(CCN3CCC(N4CCCCC4)CC3)CCCNC(C(=O)Cc3cc(C(F)(F)F)cc(C(F)(F)F)c3)C2)cc1C. The van der Waals surface area contributed by atoms with E-state index in [1.807, 2.05) is 0 Å². The summed E-state index contributed by atoms with van der Waals surface area (Å²) in [5, 5.41) is 3.31. The molecule has 5 rings (SSSR count). The molecule has 3 aliphatic rings. The number of ketones is 1. The molecule has 3 fully saturated rings. The number of piperidine rings is 2. The topological polar surface area (TPSA) is 35.6 Å². The molecule has 10 heteroatoms. The first-order chi connectivity index (χ1) is 21.7. The molecule has 254 valence electrons. The van der Waals surface area contributed by atoms with Crippen LogP contribution in [0.4, 0.5) is 26.3 Å². The highest BCUT2D eigenvalue weighted by molar-refractivity contribution is 5.86. The summed E-state index contributed by atoms with van der Waals surface area (Å²) >= 11 is 0. The highest BCUT2D eigenvalue weighted by atomic mass is 19.4. The maximum atomic E-state index is 13.7. The fourth-order valence-electron chi connectivity index (χ4n) is 7.81. The van der Waals surface area contributed by atoms with Crippen LogP contribution in [0.3, 0.4) is 0 Å². The molecule has 2 unspecified atom stereocenters. The zero-order valence-corrected chi connectivity index (χ0v) is 27.0. The number of Topliss-reactive ketones (excluding diaryl/α,β-unsaturated/α-hetero) is 1. The zero-order valence-electron chi connectivity index (χ0n) is 27.0. The van der Waals surface area contributed by atoms with Gasteiger partial charge in [0.2, 0.25) is 0 Å². The molecule has 0 amide bonds. The van der Waals surface area contributed by atoms with Crippen molar-refractivity contribution in [3.05, 3.63) is 69.8 Å². The number of carbonyl (C=O) groups excluding carboxylic acids is 1. The lowest BCUT2D eigenvalue weighted by Crippen LogP contribution is -2.48. The van der Waals surface area contributed by atoms with Crippen molar-refractivity contribution >= 4 is 5.78 Å². The van der Waals surface area contributed by atoms with E-state index in [2.05, 4.69) is 47.2 Å². The Bertz CT molecular complexity index is 1310. The van der Waals surface area contributed by atoms with Crippen LogP contribution in [-0.2, 0) is 29.0 Å². The molecule has 4 nitrogen and oxygen atoms in total. The van der Waals surface area contributed by atoms with Gasteiger partial charge in [0.1, 0.15) is 0 Å². The van der Waals surface area contributed by atoms with Gasteiger partial charge in [0.05, 0.1) is 17.2 Å². The van der Waals surface area contributed by atoms with E-state index in [-0.39, 0.29) is 22.8 Å². The zero-order chi connectivity index (χ0) is 33.1. The summed E-state index contributed by atoms with van der Waals surface area (Å²) in [6, 6.07) is 7.86. The number of halogens is 6. The summed E-state index contributed by atoms with van der Waals surface area (Å²) in [5.74, 6) is -0.384. The highest BCUT2D eigenvalue weighted by Gasteiger charge is 2.41. The van der Waals surface area contributed by atoms with Crippen molar-refractivity contribution in [1.82, 2.24) is 15.1 Å². The quantitative estimate of drug-likeness (QED) is 0.295. The van der Waals surface area contributed by atoms with Crippen LogP contribution < -0.4 is 5.32 Å². The number of nitrogens with zero attached hydrogens (tertiary/aromatic N) is 2. The summed E-state index contributed by atoms with van der Waals surface area (Å²) in [7, 11) is 0. The van der Waals surface area contributed by atoms with Gasteiger partial charge >= 0.3 is 12.4 Å². The van der Waals surface area contributed by atoms with E-state index in [9.17, 15) is 31.1 Å². The summed E-state index contributed by atoms with van der Waals surface area (Å²) in [4.78, 5) is 18.9. The molecule has 0 bridgehead atoms. The molecule has 3 heterocycles. The number of nitrogens with one attached hydrogen (secondary N) is 1.